The molecule has 1 aliphatic rings. The number of nitrogens with two attached hydrogens (primary N) is 1. The lowest BCUT2D eigenvalue weighted by Crippen LogP contribution is -2.44. The number of hydrogen-bond donors (Lipinski definition) is 3. The number of nitrogens with one attached hydrogen (secondary N) is 1. The van der Waals surface area contributed by atoms with Gasteiger partial charge in [-0.05, 0) is 12.8 Å². The number of nitrogen functional groups attached to an aromatic ring is 1. The number of aromatic nitrogens is 2. The van der Waals surface area contributed by atoms with Gasteiger partial charge in [-0.15, -0.1) is 0 Å². The number of hydrogen-bond acceptors (Lipinski definition) is 4. The van der Waals surface area contributed by atoms with E-state index in [-0.39, 0.29) is 18.1 Å². The number of rotatable bonds is 3. The molecule has 0 aliphatic heterocycles. The first-order valence-electron chi connectivity index (χ1n) is 6.30. The highest BCUT2D eigenvalue weighted by Gasteiger charge is 2.30. The van der Waals surface area contributed by atoms with Gasteiger partial charge in [0.25, 0.3) is 5.91 Å². The molecule has 0 saturated heterocycles. The second-order valence-electron chi connectivity index (χ2n) is 5.07. The van der Waals surface area contributed by atoms with Gasteiger partial charge in [-0.1, -0.05) is 19.3 Å². The summed E-state index contributed by atoms with van der Waals surface area (Å²) in [6.07, 6.45) is 6.25. The summed E-state index contributed by atoms with van der Waals surface area (Å²) in [7, 11) is 1.71. The number of carbonyl (C=O) groups is 1. The van der Waals surface area contributed by atoms with Crippen LogP contribution in [0.25, 0.3) is 0 Å². The van der Waals surface area contributed by atoms with Crippen molar-refractivity contribution >= 4 is 11.6 Å². The van der Waals surface area contributed by atoms with E-state index in [1.54, 1.807) is 13.2 Å². The van der Waals surface area contributed by atoms with E-state index < -0.39 is 5.60 Å². The van der Waals surface area contributed by atoms with Gasteiger partial charge in [0.1, 0.15) is 0 Å². The molecule has 18 heavy (non-hydrogen) atoms. The van der Waals surface area contributed by atoms with Gasteiger partial charge >= 0.3 is 0 Å². The van der Waals surface area contributed by atoms with Crippen molar-refractivity contribution in [2.24, 2.45) is 7.05 Å². The molecule has 1 saturated carbocycles. The van der Waals surface area contributed by atoms with Crippen LogP contribution >= 0.6 is 0 Å². The van der Waals surface area contributed by atoms with Crippen LogP contribution in [0.15, 0.2) is 6.20 Å². The topological polar surface area (TPSA) is 93.2 Å². The molecular weight excluding hydrogens is 232 g/mol. The molecule has 0 unspecified atom stereocenters. The molecule has 0 bridgehead atoms. The summed E-state index contributed by atoms with van der Waals surface area (Å²) >= 11 is 0. The Balaban J connectivity index is 1.94. The molecule has 0 spiro atoms. The van der Waals surface area contributed by atoms with E-state index >= 15 is 0 Å². The third kappa shape index (κ3) is 2.81. The lowest BCUT2D eigenvalue weighted by molar-refractivity contribution is 0.00521. The molecule has 6 heteroatoms. The molecular formula is C12H20N4O2. The number of anilines is 1. The van der Waals surface area contributed by atoms with E-state index in [1.807, 2.05) is 0 Å². The van der Waals surface area contributed by atoms with E-state index in [0.29, 0.717) is 5.69 Å². The van der Waals surface area contributed by atoms with Gasteiger partial charge in [-0.25, -0.2) is 0 Å². The van der Waals surface area contributed by atoms with Gasteiger partial charge in [0.2, 0.25) is 0 Å². The van der Waals surface area contributed by atoms with Gasteiger partial charge in [0, 0.05) is 19.8 Å². The maximum absolute atomic E-state index is 11.9. The third-order valence-electron chi connectivity index (χ3n) is 3.43. The van der Waals surface area contributed by atoms with Crippen molar-refractivity contribution in [2.45, 2.75) is 37.7 Å². The quantitative estimate of drug-likeness (QED) is 0.727. The van der Waals surface area contributed by atoms with Gasteiger partial charge in [0.15, 0.2) is 5.69 Å². The molecule has 6 nitrogen and oxygen atoms in total. The predicted octanol–water partition coefficient (Wildman–Crippen LogP) is 0.427. The fraction of sp³-hybridized carbons (Fsp3) is 0.667. The smallest absolute Gasteiger partial charge is 0.274 e. The van der Waals surface area contributed by atoms with Crippen molar-refractivity contribution in [1.82, 2.24) is 15.1 Å². The normalized spacial score (nSPS) is 18.6. The average molecular weight is 252 g/mol. The zero-order chi connectivity index (χ0) is 13.2. The first kappa shape index (κ1) is 12.9. The van der Waals surface area contributed by atoms with Gasteiger partial charge in [0.05, 0.1) is 11.3 Å². The van der Waals surface area contributed by atoms with Crippen LogP contribution in [-0.4, -0.2) is 32.9 Å². The van der Waals surface area contributed by atoms with E-state index in [2.05, 4.69) is 10.4 Å². The Morgan fingerprint density at radius 2 is 2.22 bits per heavy atom. The largest absolute Gasteiger partial charge is 0.396 e. The van der Waals surface area contributed by atoms with Crippen LogP contribution < -0.4 is 11.1 Å². The number of aryl methyl sites for hydroxylation is 1. The molecule has 0 aromatic carbocycles. The summed E-state index contributed by atoms with van der Waals surface area (Å²) in [5.74, 6) is -0.327. The van der Waals surface area contributed by atoms with Crippen molar-refractivity contribution in [3.63, 3.8) is 0 Å². The van der Waals surface area contributed by atoms with E-state index in [9.17, 15) is 9.90 Å². The lowest BCUT2D eigenvalue weighted by atomic mass is 9.85. The summed E-state index contributed by atoms with van der Waals surface area (Å²) in [6, 6.07) is 0. The summed E-state index contributed by atoms with van der Waals surface area (Å²) in [6.45, 7) is 0.266. The average Bonchev–Trinajstić information content (AvgIpc) is 2.67. The third-order valence-corrected chi connectivity index (χ3v) is 3.43. The molecule has 1 amide bonds. The van der Waals surface area contributed by atoms with Gasteiger partial charge < -0.3 is 16.2 Å². The van der Waals surface area contributed by atoms with Crippen molar-refractivity contribution in [2.75, 3.05) is 12.3 Å². The molecule has 1 heterocycles. The first-order valence-corrected chi connectivity index (χ1v) is 6.30. The molecule has 0 atom stereocenters. The highest BCUT2D eigenvalue weighted by Crippen LogP contribution is 2.27. The Morgan fingerprint density at radius 1 is 1.56 bits per heavy atom. The van der Waals surface area contributed by atoms with Crippen molar-refractivity contribution in [3.05, 3.63) is 11.9 Å². The fourth-order valence-electron chi connectivity index (χ4n) is 2.40. The van der Waals surface area contributed by atoms with Crippen molar-refractivity contribution < 1.29 is 9.90 Å². The monoisotopic (exact) mass is 252 g/mol. The molecule has 1 aromatic rings. The molecule has 0 radical (unpaired) electrons. The predicted molar refractivity (Wildman–Crippen MR) is 68.0 cm³/mol. The van der Waals surface area contributed by atoms with Gasteiger partial charge in [-0.2, -0.15) is 5.10 Å². The molecule has 100 valence electrons. The van der Waals surface area contributed by atoms with E-state index in [0.717, 1.165) is 32.1 Å². The second-order valence-corrected chi connectivity index (χ2v) is 5.07. The number of nitrogens with zero attached hydrogens (tertiary/aromatic N) is 2. The van der Waals surface area contributed by atoms with Crippen molar-refractivity contribution in [1.29, 1.82) is 0 Å². The van der Waals surface area contributed by atoms with Crippen LogP contribution in [-0.2, 0) is 7.05 Å². The van der Waals surface area contributed by atoms with Crippen LogP contribution in [0.1, 0.15) is 42.6 Å². The minimum Gasteiger partial charge on any atom is -0.396 e. The van der Waals surface area contributed by atoms with Crippen LogP contribution in [0.5, 0.6) is 0 Å². The minimum absolute atomic E-state index is 0.219. The van der Waals surface area contributed by atoms with Crippen LogP contribution in [0.2, 0.25) is 0 Å². The van der Waals surface area contributed by atoms with E-state index in [4.69, 9.17) is 5.73 Å². The zero-order valence-electron chi connectivity index (χ0n) is 10.6. The molecule has 1 fully saturated rings. The minimum atomic E-state index is -0.766. The summed E-state index contributed by atoms with van der Waals surface area (Å²) in [5.41, 5.74) is 5.48. The summed E-state index contributed by atoms with van der Waals surface area (Å²) < 4.78 is 1.50. The molecule has 2 rings (SSSR count). The van der Waals surface area contributed by atoms with Crippen LogP contribution in [0.3, 0.4) is 0 Å². The maximum Gasteiger partial charge on any atom is 0.274 e. The lowest BCUT2D eigenvalue weighted by Gasteiger charge is -2.31. The highest BCUT2D eigenvalue weighted by atomic mass is 16.3. The number of carbonyl (C=O) groups excluding carboxylic acids is 1. The van der Waals surface area contributed by atoms with E-state index in [1.165, 1.54) is 4.68 Å². The Kier molecular flexibility index (Phi) is 3.56. The van der Waals surface area contributed by atoms with Crippen LogP contribution in [0, 0.1) is 0 Å². The standard InChI is InChI=1S/C12H20N4O2/c1-16-7-9(13)10(15-16)11(17)14-8-12(18)5-3-2-4-6-12/h7,18H,2-6,8,13H2,1H3,(H,14,17). The molecule has 1 aromatic heterocycles. The summed E-state index contributed by atoms with van der Waals surface area (Å²) in [4.78, 5) is 11.9. The summed E-state index contributed by atoms with van der Waals surface area (Å²) in [5, 5.41) is 17.0. The molecule has 4 N–H and O–H groups in total. The second kappa shape index (κ2) is 4.97. The zero-order valence-corrected chi connectivity index (χ0v) is 10.6. The van der Waals surface area contributed by atoms with Crippen molar-refractivity contribution in [3.8, 4) is 0 Å². The Bertz CT molecular complexity index is 435. The SMILES string of the molecule is Cn1cc(N)c(C(=O)NCC2(O)CCCCC2)n1. The van der Waals surface area contributed by atoms with Crippen LogP contribution in [0.4, 0.5) is 5.69 Å². The first-order chi connectivity index (χ1) is 8.50. The Hall–Kier alpha value is -1.56. The maximum atomic E-state index is 11.9. The Morgan fingerprint density at radius 3 is 2.78 bits per heavy atom. The number of aliphatic hydroxyl groups is 1. The Labute approximate surface area is 106 Å². The number of amides is 1. The van der Waals surface area contributed by atoms with Gasteiger partial charge in [-0.3, -0.25) is 9.48 Å². The highest BCUT2D eigenvalue weighted by molar-refractivity contribution is 5.97. The fourth-order valence-corrected chi connectivity index (χ4v) is 2.40. The molecule has 1 aliphatic carbocycles.